The molecule has 0 bridgehead atoms. The number of benzene rings is 2. The molecule has 0 radical (unpaired) electrons. The van der Waals surface area contributed by atoms with Gasteiger partial charge in [-0.3, -0.25) is 19.3 Å². The van der Waals surface area contributed by atoms with E-state index in [2.05, 4.69) is 5.32 Å². The van der Waals surface area contributed by atoms with Crippen molar-refractivity contribution in [1.82, 2.24) is 10.2 Å². The van der Waals surface area contributed by atoms with Gasteiger partial charge in [0.25, 0.3) is 17.7 Å². The number of fused-ring (bicyclic) bond motifs is 1. The third-order valence-electron chi connectivity index (χ3n) is 5.80. The Labute approximate surface area is 177 Å². The largest absolute Gasteiger partial charge is 0.332 e. The van der Waals surface area contributed by atoms with Crippen LogP contribution in [0.1, 0.15) is 74.8 Å². The predicted octanol–water partition coefficient (Wildman–Crippen LogP) is 3.89. The fraction of sp³-hybridized carbons (Fsp3) is 0.304. The summed E-state index contributed by atoms with van der Waals surface area (Å²) in [5, 5.41) is 11.7. The SMILES string of the molecule is N#CC(NC(=O)c1ccc2c(c1)C(=O)N(C1CCCCC1)C2=O)c1ccc(F)cc1F. The minimum atomic E-state index is -1.35. The molecule has 4 rings (SSSR count). The number of nitrogens with one attached hydrogen (secondary N) is 1. The minimum absolute atomic E-state index is 0.0631. The summed E-state index contributed by atoms with van der Waals surface area (Å²) in [6.45, 7) is 0. The maximum Gasteiger partial charge on any atom is 0.261 e. The average molecular weight is 423 g/mol. The highest BCUT2D eigenvalue weighted by molar-refractivity contribution is 6.22. The molecule has 0 aromatic heterocycles. The first-order chi connectivity index (χ1) is 14.9. The highest BCUT2D eigenvalue weighted by Crippen LogP contribution is 2.31. The predicted molar refractivity (Wildman–Crippen MR) is 106 cm³/mol. The van der Waals surface area contributed by atoms with Crippen molar-refractivity contribution >= 4 is 17.7 Å². The van der Waals surface area contributed by atoms with E-state index in [0.29, 0.717) is 6.07 Å². The average Bonchev–Trinajstić information content (AvgIpc) is 3.02. The van der Waals surface area contributed by atoms with Gasteiger partial charge in [-0.2, -0.15) is 5.26 Å². The van der Waals surface area contributed by atoms with Crippen molar-refractivity contribution in [3.05, 3.63) is 70.3 Å². The first kappa shape index (κ1) is 20.7. The zero-order valence-electron chi connectivity index (χ0n) is 16.5. The number of hydrogen-bond donors (Lipinski definition) is 1. The molecule has 6 nitrogen and oxygen atoms in total. The summed E-state index contributed by atoms with van der Waals surface area (Å²) in [6.07, 6.45) is 4.54. The van der Waals surface area contributed by atoms with Crippen molar-refractivity contribution in [3.8, 4) is 6.07 Å². The monoisotopic (exact) mass is 423 g/mol. The molecule has 1 unspecified atom stereocenters. The second-order valence-electron chi connectivity index (χ2n) is 7.73. The Morgan fingerprint density at radius 1 is 1.03 bits per heavy atom. The van der Waals surface area contributed by atoms with E-state index < -0.39 is 29.5 Å². The molecule has 1 aliphatic heterocycles. The first-order valence-corrected chi connectivity index (χ1v) is 10.1. The van der Waals surface area contributed by atoms with Crippen LogP contribution in [0.2, 0.25) is 0 Å². The van der Waals surface area contributed by atoms with Gasteiger partial charge in [0.05, 0.1) is 17.2 Å². The first-order valence-electron chi connectivity index (χ1n) is 10.1. The van der Waals surface area contributed by atoms with E-state index in [1.54, 1.807) is 6.07 Å². The van der Waals surface area contributed by atoms with Gasteiger partial charge >= 0.3 is 0 Å². The Bertz CT molecular complexity index is 1120. The molecule has 1 saturated carbocycles. The van der Waals surface area contributed by atoms with E-state index in [-0.39, 0.29) is 34.2 Å². The van der Waals surface area contributed by atoms with Crippen molar-refractivity contribution < 1.29 is 23.2 Å². The molecular formula is C23H19F2N3O3. The van der Waals surface area contributed by atoms with Crippen LogP contribution in [0, 0.1) is 23.0 Å². The lowest BCUT2D eigenvalue weighted by Gasteiger charge is -2.29. The Kier molecular flexibility index (Phi) is 5.51. The summed E-state index contributed by atoms with van der Waals surface area (Å²) < 4.78 is 27.1. The number of nitriles is 1. The molecule has 1 heterocycles. The summed E-state index contributed by atoms with van der Waals surface area (Å²) >= 11 is 0. The zero-order chi connectivity index (χ0) is 22.1. The van der Waals surface area contributed by atoms with Gasteiger partial charge < -0.3 is 5.32 Å². The molecule has 1 atom stereocenters. The summed E-state index contributed by atoms with van der Waals surface area (Å²) in [7, 11) is 0. The van der Waals surface area contributed by atoms with Gasteiger partial charge in [-0.25, -0.2) is 8.78 Å². The minimum Gasteiger partial charge on any atom is -0.332 e. The highest BCUT2D eigenvalue weighted by Gasteiger charge is 2.40. The summed E-state index contributed by atoms with van der Waals surface area (Å²) in [4.78, 5) is 39.6. The molecule has 158 valence electrons. The number of amides is 3. The van der Waals surface area contributed by atoms with Gasteiger partial charge in [-0.1, -0.05) is 25.3 Å². The lowest BCUT2D eigenvalue weighted by Crippen LogP contribution is -2.40. The molecule has 1 fully saturated rings. The Balaban J connectivity index is 1.56. The molecule has 1 N–H and O–H groups in total. The van der Waals surface area contributed by atoms with Crippen LogP contribution in [0.5, 0.6) is 0 Å². The fourth-order valence-corrected chi connectivity index (χ4v) is 4.20. The molecule has 0 spiro atoms. The highest BCUT2D eigenvalue weighted by atomic mass is 19.1. The summed E-state index contributed by atoms with van der Waals surface area (Å²) in [5.74, 6) is -3.25. The van der Waals surface area contributed by atoms with Crippen LogP contribution in [-0.4, -0.2) is 28.7 Å². The van der Waals surface area contributed by atoms with E-state index in [9.17, 15) is 28.4 Å². The van der Waals surface area contributed by atoms with Gasteiger partial charge in [0.1, 0.15) is 17.7 Å². The number of carbonyl (C=O) groups is 3. The van der Waals surface area contributed by atoms with Crippen molar-refractivity contribution in [3.63, 3.8) is 0 Å². The molecule has 31 heavy (non-hydrogen) atoms. The normalized spacial score (nSPS) is 17.3. The molecule has 2 aromatic rings. The van der Waals surface area contributed by atoms with E-state index >= 15 is 0 Å². The maximum atomic E-state index is 14.0. The molecule has 2 aliphatic rings. The van der Waals surface area contributed by atoms with Crippen LogP contribution >= 0.6 is 0 Å². The number of imide groups is 1. The number of halogens is 2. The lowest BCUT2D eigenvalue weighted by molar-refractivity contribution is 0.0548. The van der Waals surface area contributed by atoms with Gasteiger partial charge in [0.15, 0.2) is 0 Å². The van der Waals surface area contributed by atoms with Gasteiger partial charge in [0.2, 0.25) is 0 Å². The van der Waals surface area contributed by atoms with E-state index in [0.717, 1.165) is 44.2 Å². The van der Waals surface area contributed by atoms with Crippen molar-refractivity contribution in [2.75, 3.05) is 0 Å². The smallest absolute Gasteiger partial charge is 0.261 e. The second kappa shape index (κ2) is 8.26. The summed E-state index contributed by atoms with van der Waals surface area (Å²) in [5.41, 5.74) is 0.277. The molecular weight excluding hydrogens is 404 g/mol. The van der Waals surface area contributed by atoms with Gasteiger partial charge in [0, 0.05) is 23.2 Å². The molecule has 2 aromatic carbocycles. The van der Waals surface area contributed by atoms with Crippen LogP contribution in [-0.2, 0) is 0 Å². The lowest BCUT2D eigenvalue weighted by atomic mass is 9.94. The Morgan fingerprint density at radius 3 is 2.42 bits per heavy atom. The number of hydrogen-bond acceptors (Lipinski definition) is 4. The zero-order valence-corrected chi connectivity index (χ0v) is 16.5. The Morgan fingerprint density at radius 2 is 1.74 bits per heavy atom. The van der Waals surface area contributed by atoms with Crippen LogP contribution in [0.25, 0.3) is 0 Å². The maximum absolute atomic E-state index is 14.0. The number of rotatable bonds is 4. The van der Waals surface area contributed by atoms with Crippen molar-refractivity contribution in [2.45, 2.75) is 44.2 Å². The van der Waals surface area contributed by atoms with Crippen LogP contribution in [0.15, 0.2) is 36.4 Å². The van der Waals surface area contributed by atoms with Crippen LogP contribution in [0.3, 0.4) is 0 Å². The van der Waals surface area contributed by atoms with E-state index in [1.807, 2.05) is 0 Å². The van der Waals surface area contributed by atoms with Gasteiger partial charge in [-0.05, 0) is 37.1 Å². The van der Waals surface area contributed by atoms with E-state index in [4.69, 9.17) is 0 Å². The second-order valence-corrected chi connectivity index (χ2v) is 7.73. The fourth-order valence-electron chi connectivity index (χ4n) is 4.20. The number of carbonyl (C=O) groups excluding carboxylic acids is 3. The summed E-state index contributed by atoms with van der Waals surface area (Å²) in [6, 6.07) is 7.14. The molecule has 3 amide bonds. The molecule has 8 heteroatoms. The standard InChI is InChI=1S/C23H19F2N3O3/c24-14-7-9-17(19(25)11-14)20(12-26)27-21(29)13-6-8-16-18(10-13)23(31)28(22(16)30)15-4-2-1-3-5-15/h6-11,15,20H,1-5H2,(H,27,29). The Hall–Kier alpha value is -3.60. The van der Waals surface area contributed by atoms with Crippen molar-refractivity contribution in [2.24, 2.45) is 0 Å². The third kappa shape index (κ3) is 3.79. The van der Waals surface area contributed by atoms with Crippen molar-refractivity contribution in [1.29, 1.82) is 5.26 Å². The quantitative estimate of drug-likeness (QED) is 0.756. The molecule has 1 aliphatic carbocycles. The molecule has 0 saturated heterocycles. The number of nitrogens with zero attached hydrogens (tertiary/aromatic N) is 2. The van der Waals surface area contributed by atoms with Crippen LogP contribution < -0.4 is 5.32 Å². The van der Waals surface area contributed by atoms with E-state index in [1.165, 1.54) is 23.1 Å². The third-order valence-corrected chi connectivity index (χ3v) is 5.80. The topological polar surface area (TPSA) is 90.3 Å². The van der Waals surface area contributed by atoms with Gasteiger partial charge in [-0.15, -0.1) is 0 Å². The van der Waals surface area contributed by atoms with Crippen LogP contribution in [0.4, 0.5) is 8.78 Å².